The SMILES string of the molecule is C[C@@H]1Cc2cc(SCc3ccccc3)ccc2CN1CC(F)(F)CS. The molecule has 0 fully saturated rings. The van der Waals surface area contributed by atoms with Gasteiger partial charge in [-0.15, -0.1) is 11.8 Å². The van der Waals surface area contributed by atoms with E-state index in [0.29, 0.717) is 6.54 Å². The van der Waals surface area contributed by atoms with Crippen LogP contribution < -0.4 is 0 Å². The van der Waals surface area contributed by atoms with Crippen LogP contribution in [-0.2, 0) is 18.7 Å². The summed E-state index contributed by atoms with van der Waals surface area (Å²) in [5.74, 6) is -2.20. The summed E-state index contributed by atoms with van der Waals surface area (Å²) in [5.41, 5.74) is 3.76. The van der Waals surface area contributed by atoms with E-state index in [1.54, 1.807) is 0 Å². The first-order valence-electron chi connectivity index (χ1n) is 8.48. The molecule has 25 heavy (non-hydrogen) atoms. The zero-order valence-electron chi connectivity index (χ0n) is 14.3. The lowest BCUT2D eigenvalue weighted by molar-refractivity contribution is -0.0245. The molecule has 1 aliphatic heterocycles. The van der Waals surface area contributed by atoms with E-state index in [1.165, 1.54) is 16.0 Å². The van der Waals surface area contributed by atoms with Crippen molar-refractivity contribution in [2.75, 3.05) is 12.3 Å². The van der Waals surface area contributed by atoms with Gasteiger partial charge in [0.05, 0.1) is 12.3 Å². The summed E-state index contributed by atoms with van der Waals surface area (Å²) < 4.78 is 27.4. The van der Waals surface area contributed by atoms with Crippen molar-refractivity contribution in [1.82, 2.24) is 4.90 Å². The molecule has 0 spiro atoms. The third-order valence-electron chi connectivity index (χ3n) is 4.60. The zero-order valence-corrected chi connectivity index (χ0v) is 16.0. The molecule has 0 saturated heterocycles. The number of nitrogens with zero attached hydrogens (tertiary/aromatic N) is 1. The topological polar surface area (TPSA) is 3.24 Å². The summed E-state index contributed by atoms with van der Waals surface area (Å²) in [6.07, 6.45) is 0.817. The quantitative estimate of drug-likeness (QED) is 0.536. The molecular formula is C20H23F2NS2. The van der Waals surface area contributed by atoms with Crippen LogP contribution in [0.3, 0.4) is 0 Å². The Kier molecular flexibility index (Phi) is 6.08. The molecule has 1 aliphatic rings. The van der Waals surface area contributed by atoms with Crippen LogP contribution in [-0.4, -0.2) is 29.2 Å². The van der Waals surface area contributed by atoms with Gasteiger partial charge in [0.2, 0.25) is 0 Å². The lowest BCUT2D eigenvalue weighted by atomic mass is 9.94. The molecule has 0 aliphatic carbocycles. The summed E-state index contributed by atoms with van der Waals surface area (Å²) in [7, 11) is 0. The van der Waals surface area contributed by atoms with Crippen molar-refractivity contribution in [3.63, 3.8) is 0 Å². The van der Waals surface area contributed by atoms with Crippen LogP contribution in [0.15, 0.2) is 53.4 Å². The first-order valence-corrected chi connectivity index (χ1v) is 10.1. The predicted molar refractivity (Wildman–Crippen MR) is 105 cm³/mol. The van der Waals surface area contributed by atoms with Gasteiger partial charge in [-0.3, -0.25) is 4.90 Å². The summed E-state index contributed by atoms with van der Waals surface area (Å²) in [6, 6.07) is 17.0. The number of alkyl halides is 2. The zero-order chi connectivity index (χ0) is 17.9. The van der Waals surface area contributed by atoms with E-state index in [0.717, 1.165) is 17.7 Å². The Balaban J connectivity index is 1.67. The molecule has 0 unspecified atom stereocenters. The first kappa shape index (κ1) is 18.7. The Hall–Kier alpha value is -1.04. The van der Waals surface area contributed by atoms with E-state index in [-0.39, 0.29) is 12.6 Å². The lowest BCUT2D eigenvalue weighted by Gasteiger charge is -2.36. The molecule has 0 amide bonds. The van der Waals surface area contributed by atoms with Gasteiger partial charge in [-0.1, -0.05) is 36.4 Å². The van der Waals surface area contributed by atoms with Crippen LogP contribution in [0.5, 0.6) is 0 Å². The van der Waals surface area contributed by atoms with Crippen molar-refractivity contribution in [3.05, 3.63) is 65.2 Å². The molecular weight excluding hydrogens is 356 g/mol. The normalized spacial score (nSPS) is 18.2. The summed E-state index contributed by atoms with van der Waals surface area (Å²) in [4.78, 5) is 3.11. The predicted octanol–water partition coefficient (Wildman–Crippen LogP) is 5.29. The van der Waals surface area contributed by atoms with Crippen molar-refractivity contribution in [1.29, 1.82) is 0 Å². The maximum Gasteiger partial charge on any atom is 0.269 e. The molecule has 134 valence electrons. The Morgan fingerprint density at radius 2 is 1.92 bits per heavy atom. The van der Waals surface area contributed by atoms with Crippen LogP contribution in [0.1, 0.15) is 23.6 Å². The van der Waals surface area contributed by atoms with Gasteiger partial charge >= 0.3 is 0 Å². The number of hydrogen-bond donors (Lipinski definition) is 1. The van der Waals surface area contributed by atoms with Crippen LogP contribution in [0.2, 0.25) is 0 Å². The molecule has 3 rings (SSSR count). The number of hydrogen-bond acceptors (Lipinski definition) is 3. The fourth-order valence-electron chi connectivity index (χ4n) is 3.16. The second-order valence-corrected chi connectivity index (χ2v) is 8.04. The largest absolute Gasteiger partial charge is 0.290 e. The highest BCUT2D eigenvalue weighted by molar-refractivity contribution is 7.98. The molecule has 1 nitrogen and oxygen atoms in total. The fourth-order valence-corrected chi connectivity index (χ4v) is 4.17. The smallest absolute Gasteiger partial charge is 0.269 e. The van der Waals surface area contributed by atoms with Crippen molar-refractivity contribution < 1.29 is 8.78 Å². The number of halogens is 2. The van der Waals surface area contributed by atoms with Crippen molar-refractivity contribution >= 4 is 24.4 Å². The van der Waals surface area contributed by atoms with Crippen molar-refractivity contribution in [2.24, 2.45) is 0 Å². The number of benzene rings is 2. The number of thiol groups is 1. The van der Waals surface area contributed by atoms with E-state index >= 15 is 0 Å². The minimum Gasteiger partial charge on any atom is -0.290 e. The van der Waals surface area contributed by atoms with Gasteiger partial charge in [-0.2, -0.15) is 12.6 Å². The summed E-state index contributed by atoms with van der Waals surface area (Å²) >= 11 is 5.59. The van der Waals surface area contributed by atoms with Crippen molar-refractivity contribution in [2.45, 2.75) is 42.5 Å². The first-order chi connectivity index (χ1) is 12.0. The highest BCUT2D eigenvalue weighted by Crippen LogP contribution is 2.31. The van der Waals surface area contributed by atoms with E-state index in [2.05, 4.69) is 55.1 Å². The van der Waals surface area contributed by atoms with E-state index < -0.39 is 11.7 Å². The molecule has 5 heteroatoms. The summed E-state index contributed by atoms with van der Waals surface area (Å²) in [6.45, 7) is 2.40. The molecule has 0 bridgehead atoms. The third kappa shape index (κ3) is 4.99. The van der Waals surface area contributed by atoms with Gasteiger partial charge in [0, 0.05) is 23.2 Å². The maximum absolute atomic E-state index is 13.7. The Labute approximate surface area is 158 Å². The monoisotopic (exact) mass is 379 g/mol. The standard InChI is InChI=1S/C20H23F2NS2/c1-15-9-18-10-19(25-12-16-5-3-2-4-6-16)8-7-17(18)11-23(15)13-20(21,22)14-24/h2-8,10,15,24H,9,11-14H2,1H3/t15-/m1/s1. The minimum atomic E-state index is -2.74. The van der Waals surface area contributed by atoms with Crippen LogP contribution in [0.4, 0.5) is 8.78 Å². The molecule has 0 N–H and O–H groups in total. The molecule has 2 aromatic carbocycles. The van der Waals surface area contributed by atoms with Crippen molar-refractivity contribution in [3.8, 4) is 0 Å². The van der Waals surface area contributed by atoms with Gasteiger partial charge in [-0.05, 0) is 42.2 Å². The lowest BCUT2D eigenvalue weighted by Crippen LogP contribution is -2.45. The highest BCUT2D eigenvalue weighted by Gasteiger charge is 2.34. The molecule has 2 aromatic rings. The summed E-state index contributed by atoms with van der Waals surface area (Å²) in [5, 5.41) is 0. The van der Waals surface area contributed by atoms with E-state index in [4.69, 9.17) is 0 Å². The van der Waals surface area contributed by atoms with Gasteiger partial charge < -0.3 is 0 Å². The van der Waals surface area contributed by atoms with E-state index in [9.17, 15) is 8.78 Å². The maximum atomic E-state index is 13.7. The highest BCUT2D eigenvalue weighted by atomic mass is 32.2. The van der Waals surface area contributed by atoms with Crippen LogP contribution >= 0.6 is 24.4 Å². The molecule has 0 saturated carbocycles. The second-order valence-electron chi connectivity index (χ2n) is 6.68. The Morgan fingerprint density at radius 1 is 1.16 bits per heavy atom. The Bertz CT molecular complexity index is 706. The number of thioether (sulfide) groups is 1. The van der Waals surface area contributed by atoms with Crippen LogP contribution in [0, 0.1) is 0 Å². The van der Waals surface area contributed by atoms with Crippen LogP contribution in [0.25, 0.3) is 0 Å². The third-order valence-corrected chi connectivity index (χ3v) is 6.13. The molecule has 1 heterocycles. The van der Waals surface area contributed by atoms with Gasteiger partial charge in [0.25, 0.3) is 5.92 Å². The second kappa shape index (κ2) is 8.11. The number of rotatable bonds is 6. The average molecular weight is 380 g/mol. The van der Waals surface area contributed by atoms with Gasteiger partial charge in [0.1, 0.15) is 0 Å². The van der Waals surface area contributed by atoms with E-state index in [1.807, 2.05) is 29.7 Å². The van der Waals surface area contributed by atoms with Gasteiger partial charge in [0.15, 0.2) is 0 Å². The fraction of sp³-hybridized carbons (Fsp3) is 0.400. The molecule has 1 atom stereocenters. The Morgan fingerprint density at radius 3 is 2.64 bits per heavy atom. The average Bonchev–Trinajstić information content (AvgIpc) is 2.61. The van der Waals surface area contributed by atoms with Gasteiger partial charge in [-0.25, -0.2) is 8.78 Å². The molecule has 0 radical (unpaired) electrons. The minimum absolute atomic E-state index is 0.118. The molecule has 0 aromatic heterocycles. The number of fused-ring (bicyclic) bond motifs is 1.